The molecule has 0 saturated heterocycles. The van der Waals surface area contributed by atoms with E-state index in [9.17, 15) is 4.79 Å². The van der Waals surface area contributed by atoms with Crippen LogP contribution in [0.2, 0.25) is 0 Å². The van der Waals surface area contributed by atoms with Crippen molar-refractivity contribution in [2.75, 3.05) is 6.54 Å². The molecule has 0 radical (unpaired) electrons. The van der Waals surface area contributed by atoms with Crippen molar-refractivity contribution in [2.45, 2.75) is 50.6 Å². The lowest BCUT2D eigenvalue weighted by Gasteiger charge is -2.41. The lowest BCUT2D eigenvalue weighted by molar-refractivity contribution is -0.141. The molecule has 1 saturated carbocycles. The molecule has 0 spiro atoms. The molecule has 3 heterocycles. The number of hydrogen-bond donors (Lipinski definition) is 1. The van der Waals surface area contributed by atoms with Crippen LogP contribution in [0.1, 0.15) is 42.2 Å². The van der Waals surface area contributed by atoms with Gasteiger partial charge in [0, 0.05) is 31.8 Å². The van der Waals surface area contributed by atoms with Crippen LogP contribution in [0, 0.1) is 0 Å². The molecule has 4 rings (SSSR count). The van der Waals surface area contributed by atoms with Crippen LogP contribution in [0.4, 0.5) is 0 Å². The van der Waals surface area contributed by atoms with E-state index in [1.165, 1.54) is 5.56 Å². The first kappa shape index (κ1) is 20.7. The smallest absolute Gasteiger partial charge is 0.243 e. The highest BCUT2D eigenvalue weighted by molar-refractivity contribution is 5.87. The van der Waals surface area contributed by atoms with Gasteiger partial charge in [-0.1, -0.05) is 6.07 Å². The number of carbonyl (C=O) groups excluding carboxylic acids is 1. The van der Waals surface area contributed by atoms with Gasteiger partial charge in [-0.05, 0) is 37.3 Å². The van der Waals surface area contributed by atoms with E-state index in [0.29, 0.717) is 13.1 Å². The molecule has 2 aromatic rings. The minimum atomic E-state index is -0.635. The fourth-order valence-corrected chi connectivity index (χ4v) is 3.42. The molecule has 1 amide bonds. The van der Waals surface area contributed by atoms with E-state index in [-0.39, 0.29) is 30.7 Å². The number of nitrogens with two attached hydrogens (primary N) is 1. The first-order valence-electron chi connectivity index (χ1n) is 8.59. The fourth-order valence-electron chi connectivity index (χ4n) is 3.42. The van der Waals surface area contributed by atoms with Crippen molar-refractivity contribution in [1.82, 2.24) is 14.9 Å². The molecular formula is C18H24Cl2N4O2. The summed E-state index contributed by atoms with van der Waals surface area (Å²) in [6.45, 7) is 1.19. The van der Waals surface area contributed by atoms with Gasteiger partial charge < -0.3 is 15.1 Å². The van der Waals surface area contributed by atoms with Crippen LogP contribution in [-0.4, -0.2) is 32.9 Å². The van der Waals surface area contributed by atoms with Crippen LogP contribution >= 0.6 is 24.8 Å². The first-order chi connectivity index (χ1) is 11.6. The summed E-state index contributed by atoms with van der Waals surface area (Å²) in [4.78, 5) is 23.1. The van der Waals surface area contributed by atoms with Gasteiger partial charge in [-0.3, -0.25) is 9.78 Å². The second-order valence-corrected chi connectivity index (χ2v) is 6.83. The van der Waals surface area contributed by atoms with Gasteiger partial charge in [0.15, 0.2) is 5.89 Å². The summed E-state index contributed by atoms with van der Waals surface area (Å²) < 4.78 is 5.88. The van der Waals surface area contributed by atoms with Crippen LogP contribution < -0.4 is 5.73 Å². The van der Waals surface area contributed by atoms with E-state index < -0.39 is 5.54 Å². The summed E-state index contributed by atoms with van der Waals surface area (Å²) in [5.41, 5.74) is 7.59. The Morgan fingerprint density at radius 3 is 2.77 bits per heavy atom. The molecule has 8 heteroatoms. The van der Waals surface area contributed by atoms with Gasteiger partial charge in [0.2, 0.25) is 5.91 Å². The van der Waals surface area contributed by atoms with Gasteiger partial charge in [0.05, 0.1) is 12.1 Å². The molecule has 2 aromatic heterocycles. The molecule has 0 bridgehead atoms. The minimum absolute atomic E-state index is 0. The van der Waals surface area contributed by atoms with Crippen LogP contribution in [0.3, 0.4) is 0 Å². The summed E-state index contributed by atoms with van der Waals surface area (Å²) >= 11 is 0. The maximum atomic E-state index is 12.6. The SMILES string of the molecule is Cl.Cl.NC1(C(=O)N2CCc3oc(CCc4cccnc4)nc3C2)CCC1. The lowest BCUT2D eigenvalue weighted by Crippen LogP contribution is -2.60. The predicted octanol–water partition coefficient (Wildman–Crippen LogP) is 2.46. The third kappa shape index (κ3) is 4.03. The quantitative estimate of drug-likeness (QED) is 0.854. The zero-order chi connectivity index (χ0) is 16.6. The van der Waals surface area contributed by atoms with Gasteiger partial charge in [0.1, 0.15) is 11.5 Å². The highest BCUT2D eigenvalue weighted by Crippen LogP contribution is 2.32. The highest BCUT2D eigenvalue weighted by atomic mass is 35.5. The van der Waals surface area contributed by atoms with Crippen LogP contribution in [0.15, 0.2) is 28.9 Å². The third-order valence-corrected chi connectivity index (χ3v) is 5.08. The van der Waals surface area contributed by atoms with Gasteiger partial charge >= 0.3 is 0 Å². The molecular weight excluding hydrogens is 375 g/mol. The Kier molecular flexibility index (Phi) is 6.66. The molecule has 1 aliphatic heterocycles. The summed E-state index contributed by atoms with van der Waals surface area (Å²) in [5.74, 6) is 1.73. The molecule has 0 unspecified atom stereocenters. The van der Waals surface area contributed by atoms with Gasteiger partial charge in [0.25, 0.3) is 0 Å². The number of halogens is 2. The van der Waals surface area contributed by atoms with E-state index in [2.05, 4.69) is 16.0 Å². The Morgan fingerprint density at radius 2 is 2.12 bits per heavy atom. The van der Waals surface area contributed by atoms with Crippen molar-refractivity contribution in [1.29, 1.82) is 0 Å². The Balaban J connectivity index is 0.00000121. The van der Waals surface area contributed by atoms with Crippen LogP contribution in [0.5, 0.6) is 0 Å². The highest BCUT2D eigenvalue weighted by Gasteiger charge is 2.43. The Morgan fingerprint density at radius 1 is 1.31 bits per heavy atom. The maximum absolute atomic E-state index is 12.6. The predicted molar refractivity (Wildman–Crippen MR) is 103 cm³/mol. The Hall–Kier alpha value is -1.63. The average molecular weight is 399 g/mol. The molecule has 142 valence electrons. The summed E-state index contributed by atoms with van der Waals surface area (Å²) in [7, 11) is 0. The number of rotatable bonds is 4. The molecule has 2 aliphatic rings. The van der Waals surface area contributed by atoms with Crippen LogP contribution in [0.25, 0.3) is 0 Å². The van der Waals surface area contributed by atoms with E-state index >= 15 is 0 Å². The van der Waals surface area contributed by atoms with Gasteiger partial charge in [-0.15, -0.1) is 24.8 Å². The van der Waals surface area contributed by atoms with E-state index in [1.807, 2.05) is 17.2 Å². The fraction of sp³-hybridized carbons (Fsp3) is 0.500. The number of carbonyl (C=O) groups is 1. The van der Waals surface area contributed by atoms with Crippen molar-refractivity contribution in [3.8, 4) is 0 Å². The van der Waals surface area contributed by atoms with Crippen molar-refractivity contribution in [3.05, 3.63) is 47.4 Å². The number of amides is 1. The molecule has 1 aliphatic carbocycles. The van der Waals surface area contributed by atoms with Crippen molar-refractivity contribution < 1.29 is 9.21 Å². The van der Waals surface area contributed by atoms with Crippen molar-refractivity contribution >= 4 is 30.7 Å². The van der Waals surface area contributed by atoms with Gasteiger partial charge in [-0.2, -0.15) is 0 Å². The number of fused-ring (bicyclic) bond motifs is 1. The standard InChI is InChI=1S/C18H22N4O2.2ClH/c19-18(7-2-8-18)17(23)22-10-6-15-14(12-22)21-16(24-15)5-4-13-3-1-9-20-11-13;;/h1,3,9,11H,2,4-8,10,12,19H2;2*1H. The van der Waals surface area contributed by atoms with E-state index in [4.69, 9.17) is 10.2 Å². The summed E-state index contributed by atoms with van der Waals surface area (Å²) in [6.07, 6.45) is 8.58. The number of oxazole rings is 1. The van der Waals surface area contributed by atoms with Crippen LogP contribution in [-0.2, 0) is 30.6 Å². The monoisotopic (exact) mass is 398 g/mol. The van der Waals surface area contributed by atoms with E-state index in [0.717, 1.165) is 55.9 Å². The molecule has 0 atom stereocenters. The number of nitrogens with zero attached hydrogens (tertiary/aromatic N) is 3. The molecule has 26 heavy (non-hydrogen) atoms. The minimum Gasteiger partial charge on any atom is -0.445 e. The number of pyridine rings is 1. The molecule has 6 nitrogen and oxygen atoms in total. The normalized spacial score (nSPS) is 17.3. The van der Waals surface area contributed by atoms with E-state index in [1.54, 1.807) is 6.20 Å². The summed E-state index contributed by atoms with van der Waals surface area (Å²) in [5, 5.41) is 0. The average Bonchev–Trinajstić information content (AvgIpc) is 3.00. The topological polar surface area (TPSA) is 85.3 Å². The van der Waals surface area contributed by atoms with Crippen molar-refractivity contribution in [3.63, 3.8) is 0 Å². The molecule has 0 aromatic carbocycles. The Labute approximate surface area is 165 Å². The second kappa shape index (κ2) is 8.37. The lowest BCUT2D eigenvalue weighted by atomic mass is 9.76. The molecule has 2 N–H and O–H groups in total. The zero-order valence-electron chi connectivity index (χ0n) is 14.5. The third-order valence-electron chi connectivity index (χ3n) is 5.08. The zero-order valence-corrected chi connectivity index (χ0v) is 16.2. The largest absolute Gasteiger partial charge is 0.445 e. The maximum Gasteiger partial charge on any atom is 0.243 e. The number of aryl methyl sites for hydroxylation is 2. The second-order valence-electron chi connectivity index (χ2n) is 6.83. The van der Waals surface area contributed by atoms with Gasteiger partial charge in [-0.25, -0.2) is 4.98 Å². The number of aromatic nitrogens is 2. The Bertz CT molecular complexity index is 747. The number of hydrogen-bond acceptors (Lipinski definition) is 5. The van der Waals surface area contributed by atoms with Crippen molar-refractivity contribution in [2.24, 2.45) is 5.73 Å². The molecule has 1 fully saturated rings. The first-order valence-corrected chi connectivity index (χ1v) is 8.59. The summed E-state index contributed by atoms with van der Waals surface area (Å²) in [6, 6.07) is 3.98.